The van der Waals surface area contributed by atoms with Crippen molar-refractivity contribution in [2.24, 2.45) is 0 Å². The lowest BCUT2D eigenvalue weighted by atomic mass is 9.36. The maximum absolute atomic E-state index is 6.72. The molecule has 4 aliphatic rings. The first-order chi connectivity index (χ1) is 15.5. The number of furan rings is 1. The van der Waals surface area contributed by atoms with E-state index in [1.807, 2.05) is 0 Å². The fourth-order valence-electron chi connectivity index (χ4n) is 5.86. The van der Waals surface area contributed by atoms with Crippen molar-refractivity contribution in [1.82, 2.24) is 0 Å². The molecule has 3 nitrogen and oxygen atoms in total. The molecule has 0 radical (unpaired) electrons. The van der Waals surface area contributed by atoms with Crippen molar-refractivity contribution in [3.05, 3.63) is 64.2 Å². The SMILES string of the molecule is CC(C)(C)c1ccc2oc3c(c2c1)Oc1c2c(cc4c1B3c1cc3c(cc1O4)CC3)CC2. The first-order valence-electron chi connectivity index (χ1n) is 11.7. The Morgan fingerprint density at radius 2 is 1.56 bits per heavy atom. The van der Waals surface area contributed by atoms with Crippen LogP contribution in [0.3, 0.4) is 0 Å². The van der Waals surface area contributed by atoms with Gasteiger partial charge in [0.1, 0.15) is 28.5 Å². The minimum atomic E-state index is 0.0230. The van der Waals surface area contributed by atoms with Crippen molar-refractivity contribution in [2.75, 3.05) is 0 Å². The molecule has 0 bridgehead atoms. The van der Waals surface area contributed by atoms with Gasteiger partial charge in [0, 0.05) is 5.46 Å². The van der Waals surface area contributed by atoms with Gasteiger partial charge in [0.25, 0.3) is 0 Å². The lowest BCUT2D eigenvalue weighted by molar-refractivity contribution is 0.450. The van der Waals surface area contributed by atoms with E-state index in [0.29, 0.717) is 0 Å². The zero-order valence-corrected chi connectivity index (χ0v) is 18.6. The highest BCUT2D eigenvalue weighted by atomic mass is 16.5. The van der Waals surface area contributed by atoms with E-state index in [1.54, 1.807) is 0 Å². The Labute approximate surface area is 187 Å². The summed E-state index contributed by atoms with van der Waals surface area (Å²) < 4.78 is 19.8. The molecule has 0 atom stereocenters. The molecule has 0 fully saturated rings. The summed E-state index contributed by atoms with van der Waals surface area (Å²) in [6.45, 7) is 6.77. The molecule has 3 heterocycles. The minimum absolute atomic E-state index is 0.0230. The molecular formula is C28H23BO3. The van der Waals surface area contributed by atoms with Gasteiger partial charge in [0.05, 0.1) is 5.39 Å². The zero-order chi connectivity index (χ0) is 21.4. The molecular weight excluding hydrogens is 395 g/mol. The number of ether oxygens (including phenoxy) is 2. The van der Waals surface area contributed by atoms with Crippen LogP contribution in [0.1, 0.15) is 48.6 Å². The lowest BCUT2D eigenvalue weighted by Gasteiger charge is -2.36. The summed E-state index contributed by atoms with van der Waals surface area (Å²) in [6.07, 6.45) is 4.46. The van der Waals surface area contributed by atoms with E-state index in [1.165, 1.54) is 33.3 Å². The van der Waals surface area contributed by atoms with E-state index in [4.69, 9.17) is 13.9 Å². The van der Waals surface area contributed by atoms with Gasteiger partial charge in [-0.3, -0.25) is 0 Å². The van der Waals surface area contributed by atoms with E-state index in [-0.39, 0.29) is 12.1 Å². The molecule has 0 amide bonds. The summed E-state index contributed by atoms with van der Waals surface area (Å²) in [6, 6.07) is 13.4. The van der Waals surface area contributed by atoms with Gasteiger partial charge in [0.2, 0.25) is 0 Å². The zero-order valence-electron chi connectivity index (χ0n) is 18.6. The number of fused-ring (bicyclic) bond motifs is 9. The molecule has 0 N–H and O–H groups in total. The van der Waals surface area contributed by atoms with Crippen LogP contribution in [0.2, 0.25) is 0 Å². The van der Waals surface area contributed by atoms with Gasteiger partial charge in [-0.15, -0.1) is 0 Å². The predicted molar refractivity (Wildman–Crippen MR) is 127 cm³/mol. The summed E-state index contributed by atoms with van der Waals surface area (Å²) in [5, 5.41) is 1.08. The predicted octanol–water partition coefficient (Wildman–Crippen LogP) is 4.66. The first kappa shape index (κ1) is 17.4. The van der Waals surface area contributed by atoms with E-state index >= 15 is 0 Å². The summed E-state index contributed by atoms with van der Waals surface area (Å²) in [7, 11) is 0. The second-order valence-electron chi connectivity index (χ2n) is 10.8. The molecule has 3 aromatic carbocycles. The Balaban J connectivity index is 1.45. The molecule has 0 unspecified atom stereocenters. The van der Waals surface area contributed by atoms with E-state index < -0.39 is 0 Å². The van der Waals surface area contributed by atoms with Crippen LogP contribution in [0.25, 0.3) is 11.0 Å². The maximum atomic E-state index is 6.72. The van der Waals surface area contributed by atoms with Gasteiger partial charge in [0.15, 0.2) is 5.75 Å². The molecule has 0 spiro atoms. The number of hydrogen-bond acceptors (Lipinski definition) is 3. The van der Waals surface area contributed by atoms with Crippen molar-refractivity contribution in [2.45, 2.75) is 51.9 Å². The molecule has 8 rings (SSSR count). The van der Waals surface area contributed by atoms with Gasteiger partial charge in [-0.05, 0) is 88.6 Å². The summed E-state index contributed by atoms with van der Waals surface area (Å²) in [5.74, 6) is 3.83. The Kier molecular flexibility index (Phi) is 2.96. The summed E-state index contributed by atoms with van der Waals surface area (Å²) in [5.41, 5.74) is 11.1. The first-order valence-corrected chi connectivity index (χ1v) is 11.7. The topological polar surface area (TPSA) is 31.6 Å². The van der Waals surface area contributed by atoms with Gasteiger partial charge in [-0.2, -0.15) is 0 Å². The summed E-state index contributed by atoms with van der Waals surface area (Å²) >= 11 is 0. The van der Waals surface area contributed by atoms with Crippen LogP contribution >= 0.6 is 0 Å². The normalized spacial score (nSPS) is 16.5. The van der Waals surface area contributed by atoms with Gasteiger partial charge >= 0.3 is 6.71 Å². The summed E-state index contributed by atoms with van der Waals surface area (Å²) in [4.78, 5) is 0. The standard InChI is InChI=1S/C28H23BO3/c1-28(2,3)17-7-9-21-19(13-17)26-27(31-21)29-20-10-14-4-5-15(14)11-22(20)30-23-12-16-6-8-18(16)25(32-26)24(23)29/h7,9-13H,4-6,8H2,1-3H3. The third-order valence-electron chi connectivity index (χ3n) is 7.94. The van der Waals surface area contributed by atoms with Gasteiger partial charge in [-0.25, -0.2) is 0 Å². The highest BCUT2D eigenvalue weighted by molar-refractivity contribution is 6.97. The van der Waals surface area contributed by atoms with Crippen LogP contribution in [0.4, 0.5) is 0 Å². The van der Waals surface area contributed by atoms with E-state index in [2.05, 4.69) is 57.2 Å². The number of benzene rings is 3. The van der Waals surface area contributed by atoms with Gasteiger partial charge in [-0.1, -0.05) is 32.9 Å². The number of rotatable bonds is 0. The lowest BCUT2D eigenvalue weighted by Crippen LogP contribution is -2.57. The fourth-order valence-corrected chi connectivity index (χ4v) is 5.86. The Bertz CT molecular complexity index is 1520. The van der Waals surface area contributed by atoms with Crippen LogP contribution in [0.5, 0.6) is 23.0 Å². The van der Waals surface area contributed by atoms with E-state index in [0.717, 1.165) is 70.8 Å². The molecule has 4 heteroatoms. The largest absolute Gasteiger partial charge is 0.466 e. The quantitative estimate of drug-likeness (QED) is 0.337. The van der Waals surface area contributed by atoms with Gasteiger partial charge < -0.3 is 13.9 Å². The average molecular weight is 418 g/mol. The second-order valence-corrected chi connectivity index (χ2v) is 10.8. The molecule has 1 aromatic heterocycles. The number of aryl methyl sites for hydroxylation is 3. The minimum Gasteiger partial charge on any atom is -0.466 e. The fraction of sp³-hybridized carbons (Fsp3) is 0.286. The molecule has 0 saturated carbocycles. The van der Waals surface area contributed by atoms with Crippen LogP contribution in [-0.4, -0.2) is 6.71 Å². The Morgan fingerprint density at radius 3 is 2.31 bits per heavy atom. The second kappa shape index (κ2) is 5.43. The Hall–Kier alpha value is -3.14. The molecule has 4 aromatic rings. The molecule has 2 aliphatic heterocycles. The highest BCUT2D eigenvalue weighted by Gasteiger charge is 2.46. The van der Waals surface area contributed by atoms with Crippen molar-refractivity contribution in [1.29, 1.82) is 0 Å². The Morgan fingerprint density at radius 1 is 0.781 bits per heavy atom. The van der Waals surface area contributed by atoms with E-state index in [9.17, 15) is 0 Å². The third-order valence-corrected chi connectivity index (χ3v) is 7.94. The smallest absolute Gasteiger partial charge is 0.305 e. The molecule has 156 valence electrons. The van der Waals surface area contributed by atoms with Crippen LogP contribution in [0.15, 0.2) is 40.8 Å². The van der Waals surface area contributed by atoms with Crippen LogP contribution < -0.4 is 26.1 Å². The average Bonchev–Trinajstić information content (AvgIpc) is 3.08. The van der Waals surface area contributed by atoms with Crippen molar-refractivity contribution in [3.8, 4) is 23.0 Å². The monoisotopic (exact) mass is 418 g/mol. The van der Waals surface area contributed by atoms with Crippen LogP contribution in [0, 0.1) is 0 Å². The van der Waals surface area contributed by atoms with Crippen molar-refractivity contribution < 1.29 is 13.9 Å². The molecule has 0 saturated heterocycles. The third kappa shape index (κ3) is 2.04. The highest BCUT2D eigenvalue weighted by Crippen LogP contribution is 2.45. The van der Waals surface area contributed by atoms with Crippen LogP contribution in [-0.2, 0) is 31.1 Å². The molecule has 32 heavy (non-hydrogen) atoms. The number of hydrogen-bond donors (Lipinski definition) is 0. The molecule has 2 aliphatic carbocycles. The van der Waals surface area contributed by atoms with Crippen molar-refractivity contribution in [3.63, 3.8) is 0 Å². The van der Waals surface area contributed by atoms with Crippen molar-refractivity contribution >= 4 is 34.3 Å². The maximum Gasteiger partial charge on any atom is 0.305 e.